The number of carboxylic acid groups (broad SMARTS) is 1. The van der Waals surface area contributed by atoms with Gasteiger partial charge in [-0.1, -0.05) is 0 Å². The van der Waals surface area contributed by atoms with Crippen LogP contribution in [0.3, 0.4) is 0 Å². The van der Waals surface area contributed by atoms with Crippen LogP contribution in [0.1, 0.15) is 16.1 Å². The van der Waals surface area contributed by atoms with Crippen LogP contribution in [0.4, 0.5) is 5.69 Å². The number of hydrogen-bond acceptors (Lipinski definition) is 4. The first-order valence-electron chi connectivity index (χ1n) is 5.29. The van der Waals surface area contributed by atoms with E-state index in [1.165, 1.54) is 6.20 Å². The molecule has 1 saturated heterocycles. The number of carbonyl (C=O) groups is 2. The van der Waals surface area contributed by atoms with E-state index in [1.807, 2.05) is 0 Å². The molecule has 2 heterocycles. The molecule has 90 valence electrons. The number of carbonyl (C=O) groups excluding carboxylic acids is 1. The molecule has 2 rings (SSSR count). The van der Waals surface area contributed by atoms with Gasteiger partial charge in [0.05, 0.1) is 12.2 Å². The van der Waals surface area contributed by atoms with Gasteiger partial charge in [-0.2, -0.15) is 0 Å². The van der Waals surface area contributed by atoms with Gasteiger partial charge in [-0.15, -0.1) is 0 Å². The lowest BCUT2D eigenvalue weighted by molar-refractivity contribution is -0.120. The van der Waals surface area contributed by atoms with Gasteiger partial charge < -0.3 is 15.3 Å². The Morgan fingerprint density at radius 2 is 2.35 bits per heavy atom. The molecule has 0 unspecified atom stereocenters. The van der Waals surface area contributed by atoms with Crippen LogP contribution < -0.4 is 10.2 Å². The third kappa shape index (κ3) is 2.35. The van der Waals surface area contributed by atoms with Crippen LogP contribution >= 0.6 is 0 Å². The Hall–Kier alpha value is -2.11. The van der Waals surface area contributed by atoms with E-state index >= 15 is 0 Å². The molecule has 17 heavy (non-hydrogen) atoms. The van der Waals surface area contributed by atoms with Crippen molar-refractivity contribution in [3.8, 4) is 0 Å². The molecule has 1 aliphatic rings. The summed E-state index contributed by atoms with van der Waals surface area (Å²) in [6.45, 7) is 3.11. The Morgan fingerprint density at radius 3 is 3.00 bits per heavy atom. The van der Waals surface area contributed by atoms with Crippen LogP contribution in [-0.4, -0.2) is 41.6 Å². The molecule has 1 aliphatic heterocycles. The molecule has 0 aromatic carbocycles. The zero-order valence-corrected chi connectivity index (χ0v) is 9.43. The van der Waals surface area contributed by atoms with Gasteiger partial charge in [0.25, 0.3) is 0 Å². The van der Waals surface area contributed by atoms with Crippen LogP contribution in [-0.2, 0) is 4.79 Å². The quantitative estimate of drug-likeness (QED) is 0.755. The predicted molar refractivity (Wildman–Crippen MR) is 61.2 cm³/mol. The average molecular weight is 235 g/mol. The van der Waals surface area contributed by atoms with Gasteiger partial charge in [-0.05, 0) is 13.0 Å². The smallest absolute Gasteiger partial charge is 0.339 e. The first kappa shape index (κ1) is 11.4. The number of carboxylic acids is 1. The first-order chi connectivity index (χ1) is 8.08. The highest BCUT2D eigenvalue weighted by atomic mass is 16.4. The number of hydrogen-bond donors (Lipinski definition) is 2. The summed E-state index contributed by atoms with van der Waals surface area (Å²) in [7, 11) is 0. The van der Waals surface area contributed by atoms with Crippen LogP contribution in [0.2, 0.25) is 0 Å². The summed E-state index contributed by atoms with van der Waals surface area (Å²) in [5.41, 5.74) is 1.42. The maximum atomic E-state index is 11.3. The van der Waals surface area contributed by atoms with Gasteiger partial charge in [0, 0.05) is 25.0 Å². The molecule has 0 aliphatic carbocycles. The SMILES string of the molecule is Cc1cc(N2CCNC(=O)C2)c(C(=O)O)cn1. The van der Waals surface area contributed by atoms with Crippen LogP contribution in [0, 0.1) is 6.92 Å². The lowest BCUT2D eigenvalue weighted by Crippen LogP contribution is -2.48. The molecule has 6 heteroatoms. The summed E-state index contributed by atoms with van der Waals surface area (Å²) in [5.74, 6) is -1.12. The summed E-state index contributed by atoms with van der Waals surface area (Å²) in [4.78, 5) is 28.1. The number of aromatic carboxylic acids is 1. The van der Waals surface area contributed by atoms with Crippen molar-refractivity contribution in [2.75, 3.05) is 24.5 Å². The fourth-order valence-electron chi connectivity index (χ4n) is 1.82. The third-order valence-corrected chi connectivity index (χ3v) is 2.63. The van der Waals surface area contributed by atoms with Crippen LogP contribution in [0.25, 0.3) is 0 Å². The molecule has 0 atom stereocenters. The van der Waals surface area contributed by atoms with Crippen molar-refractivity contribution in [1.82, 2.24) is 10.3 Å². The number of aryl methyl sites for hydroxylation is 1. The average Bonchev–Trinajstić information content (AvgIpc) is 2.28. The topological polar surface area (TPSA) is 82.5 Å². The van der Waals surface area contributed by atoms with Crippen LogP contribution in [0.5, 0.6) is 0 Å². The highest BCUT2D eigenvalue weighted by molar-refractivity contribution is 5.95. The maximum absolute atomic E-state index is 11.3. The molecule has 1 aromatic heterocycles. The van der Waals surface area contributed by atoms with E-state index in [2.05, 4.69) is 10.3 Å². The lowest BCUT2D eigenvalue weighted by Gasteiger charge is -2.29. The van der Waals surface area contributed by atoms with Gasteiger partial charge in [-0.25, -0.2) is 4.79 Å². The zero-order valence-electron chi connectivity index (χ0n) is 9.43. The van der Waals surface area contributed by atoms with Crippen molar-refractivity contribution in [3.05, 3.63) is 23.5 Å². The standard InChI is InChI=1S/C11H13N3O3/c1-7-4-9(8(5-13-7)11(16)17)14-3-2-12-10(15)6-14/h4-5H,2-3,6H2,1H3,(H,12,15)(H,16,17). The fourth-order valence-corrected chi connectivity index (χ4v) is 1.82. The summed E-state index contributed by atoms with van der Waals surface area (Å²) in [6.07, 6.45) is 1.33. The minimum atomic E-state index is -1.03. The largest absolute Gasteiger partial charge is 0.478 e. The Labute approximate surface area is 98.3 Å². The Bertz CT molecular complexity index is 473. The molecule has 6 nitrogen and oxygen atoms in total. The van der Waals surface area contributed by atoms with Crippen molar-refractivity contribution in [2.24, 2.45) is 0 Å². The van der Waals surface area contributed by atoms with Crippen molar-refractivity contribution in [3.63, 3.8) is 0 Å². The van der Waals surface area contributed by atoms with E-state index in [-0.39, 0.29) is 18.0 Å². The first-order valence-corrected chi connectivity index (χ1v) is 5.29. The van der Waals surface area contributed by atoms with E-state index < -0.39 is 5.97 Å². The number of anilines is 1. The van der Waals surface area contributed by atoms with E-state index in [0.29, 0.717) is 18.8 Å². The number of piperazine rings is 1. The van der Waals surface area contributed by atoms with E-state index in [0.717, 1.165) is 5.69 Å². The van der Waals surface area contributed by atoms with Gasteiger partial charge in [0.15, 0.2) is 0 Å². The number of nitrogens with one attached hydrogen (secondary N) is 1. The van der Waals surface area contributed by atoms with Crippen LogP contribution in [0.15, 0.2) is 12.3 Å². The summed E-state index contributed by atoms with van der Waals surface area (Å²) in [5, 5.41) is 11.8. The predicted octanol–water partition coefficient (Wildman–Crippen LogP) is 0.0244. The molecule has 1 amide bonds. The number of rotatable bonds is 2. The molecule has 2 N–H and O–H groups in total. The molecular weight excluding hydrogens is 222 g/mol. The Balaban J connectivity index is 2.38. The highest BCUT2D eigenvalue weighted by Crippen LogP contribution is 2.21. The van der Waals surface area contributed by atoms with E-state index in [9.17, 15) is 9.59 Å². The Kier molecular flexibility index (Phi) is 2.95. The van der Waals surface area contributed by atoms with Gasteiger partial charge in [-0.3, -0.25) is 9.78 Å². The number of nitrogens with zero attached hydrogens (tertiary/aromatic N) is 2. The second-order valence-electron chi connectivity index (χ2n) is 3.92. The molecule has 1 fully saturated rings. The lowest BCUT2D eigenvalue weighted by atomic mass is 10.1. The van der Waals surface area contributed by atoms with Gasteiger partial charge >= 0.3 is 5.97 Å². The molecule has 0 radical (unpaired) electrons. The number of amides is 1. The molecule has 0 saturated carbocycles. The monoisotopic (exact) mass is 235 g/mol. The summed E-state index contributed by atoms with van der Waals surface area (Å²) in [6, 6.07) is 1.70. The fraction of sp³-hybridized carbons (Fsp3) is 0.364. The normalized spacial score (nSPS) is 15.6. The minimum Gasteiger partial charge on any atom is -0.478 e. The van der Waals surface area contributed by atoms with Gasteiger partial charge in [0.2, 0.25) is 5.91 Å². The Morgan fingerprint density at radius 1 is 1.59 bits per heavy atom. The van der Waals surface area contributed by atoms with Crippen molar-refractivity contribution in [2.45, 2.75) is 6.92 Å². The number of aromatic nitrogens is 1. The van der Waals surface area contributed by atoms with Gasteiger partial charge in [0.1, 0.15) is 5.56 Å². The number of pyridine rings is 1. The maximum Gasteiger partial charge on any atom is 0.339 e. The summed E-state index contributed by atoms with van der Waals surface area (Å²) >= 11 is 0. The second-order valence-corrected chi connectivity index (χ2v) is 3.92. The molecule has 0 spiro atoms. The minimum absolute atomic E-state index is 0.0953. The van der Waals surface area contributed by atoms with Crippen molar-refractivity contribution in [1.29, 1.82) is 0 Å². The van der Waals surface area contributed by atoms with E-state index in [1.54, 1.807) is 17.9 Å². The molecule has 0 bridgehead atoms. The van der Waals surface area contributed by atoms with Crippen molar-refractivity contribution >= 4 is 17.6 Å². The molecular formula is C11H13N3O3. The van der Waals surface area contributed by atoms with E-state index in [4.69, 9.17) is 5.11 Å². The molecule has 1 aromatic rings. The summed E-state index contributed by atoms with van der Waals surface area (Å²) < 4.78 is 0. The van der Waals surface area contributed by atoms with Crippen molar-refractivity contribution < 1.29 is 14.7 Å². The highest BCUT2D eigenvalue weighted by Gasteiger charge is 2.21. The second kappa shape index (κ2) is 4.40. The zero-order chi connectivity index (χ0) is 12.4. The third-order valence-electron chi connectivity index (χ3n) is 2.63.